The second-order valence-corrected chi connectivity index (χ2v) is 8.71. The predicted octanol–water partition coefficient (Wildman–Crippen LogP) is 6.27. The maximum Gasteiger partial charge on any atom is 0.255 e. The van der Waals surface area contributed by atoms with Crippen LogP contribution in [0.1, 0.15) is 43.4 Å². The molecular formula is C23H14BrClF4N2O2. The second-order valence-electron chi connectivity index (χ2n) is 7.38. The van der Waals surface area contributed by atoms with Gasteiger partial charge in [0.1, 0.15) is 11.6 Å². The average Bonchev–Trinajstić information content (AvgIpc) is 3.05. The van der Waals surface area contributed by atoms with Crippen molar-refractivity contribution in [1.82, 2.24) is 5.32 Å². The van der Waals surface area contributed by atoms with Crippen molar-refractivity contribution >= 4 is 45.0 Å². The molecule has 4 nitrogen and oxygen atoms in total. The number of hydrogen-bond acceptors (Lipinski definition) is 2. The summed E-state index contributed by atoms with van der Waals surface area (Å²) in [4.78, 5) is 25.5. The van der Waals surface area contributed by atoms with Crippen LogP contribution < -0.4 is 10.6 Å². The molecule has 1 atom stereocenters. The number of fused-ring (bicyclic) bond motifs is 1. The number of alkyl halides is 2. The maximum absolute atomic E-state index is 13.9. The third-order valence-corrected chi connectivity index (χ3v) is 5.88. The molecule has 2 N–H and O–H groups in total. The average molecular weight is 542 g/mol. The van der Waals surface area contributed by atoms with E-state index in [4.69, 9.17) is 11.6 Å². The van der Waals surface area contributed by atoms with Crippen LogP contribution in [0.2, 0.25) is 5.02 Å². The van der Waals surface area contributed by atoms with Gasteiger partial charge in [-0.3, -0.25) is 9.59 Å². The monoisotopic (exact) mass is 540 g/mol. The van der Waals surface area contributed by atoms with E-state index in [0.717, 1.165) is 12.1 Å². The third kappa shape index (κ3) is 4.89. The lowest BCUT2D eigenvalue weighted by atomic mass is 9.96. The molecule has 4 rings (SSSR count). The van der Waals surface area contributed by atoms with Crippen LogP contribution in [0.4, 0.5) is 23.2 Å². The first-order valence-corrected chi connectivity index (χ1v) is 10.8. The summed E-state index contributed by atoms with van der Waals surface area (Å²) >= 11 is 9.52. The fraction of sp³-hybridized carbons (Fsp3) is 0.130. The molecule has 3 aromatic rings. The van der Waals surface area contributed by atoms with Crippen LogP contribution in [0.5, 0.6) is 0 Å². The minimum Gasteiger partial charge on any atom is -0.341 e. The lowest BCUT2D eigenvalue weighted by molar-refractivity contribution is 0.0959. The number of anilines is 1. The van der Waals surface area contributed by atoms with E-state index in [1.807, 2.05) is 0 Å². The van der Waals surface area contributed by atoms with Crippen molar-refractivity contribution in [3.8, 4) is 0 Å². The quantitative estimate of drug-likeness (QED) is 0.374. The van der Waals surface area contributed by atoms with Gasteiger partial charge < -0.3 is 10.6 Å². The van der Waals surface area contributed by atoms with Crippen molar-refractivity contribution < 1.29 is 27.2 Å². The smallest absolute Gasteiger partial charge is 0.255 e. The Morgan fingerprint density at radius 3 is 2.58 bits per heavy atom. The summed E-state index contributed by atoms with van der Waals surface area (Å²) in [5, 5.41) is 5.53. The number of rotatable bonds is 5. The van der Waals surface area contributed by atoms with Crippen molar-refractivity contribution in [2.75, 3.05) is 5.32 Å². The standard InChI is InChI=1S/C23H14BrClF4N2O2/c24-12-7-16-20(21(31-23(16)33)15-9-13(26)1-2-17(15)25)18(8-12)30-22(32)11-3-10(5-19(28)29)4-14(27)6-11/h1-4,6-9,19,21H,5H2,(H,30,32)(H,31,33). The van der Waals surface area contributed by atoms with Gasteiger partial charge in [0.15, 0.2) is 0 Å². The SMILES string of the molecule is O=C(Nc1cc(Br)cc2c1C(c1cc(F)ccc1Cl)NC2=O)c1cc(F)cc(CC(F)F)c1. The fourth-order valence-electron chi connectivity index (χ4n) is 3.74. The summed E-state index contributed by atoms with van der Waals surface area (Å²) in [6.45, 7) is 0. The van der Waals surface area contributed by atoms with E-state index in [1.165, 1.54) is 36.4 Å². The van der Waals surface area contributed by atoms with Crippen molar-refractivity contribution in [1.29, 1.82) is 0 Å². The number of halogens is 6. The van der Waals surface area contributed by atoms with Gasteiger partial charge in [-0.25, -0.2) is 17.6 Å². The van der Waals surface area contributed by atoms with Gasteiger partial charge in [-0.1, -0.05) is 27.5 Å². The zero-order chi connectivity index (χ0) is 23.9. The molecule has 0 radical (unpaired) electrons. The fourth-order valence-corrected chi connectivity index (χ4v) is 4.43. The molecule has 1 heterocycles. The Kier molecular flexibility index (Phi) is 6.45. The Morgan fingerprint density at radius 1 is 1.09 bits per heavy atom. The second kappa shape index (κ2) is 9.15. The summed E-state index contributed by atoms with van der Waals surface area (Å²) < 4.78 is 53.8. The van der Waals surface area contributed by atoms with E-state index in [-0.39, 0.29) is 33.0 Å². The van der Waals surface area contributed by atoms with Gasteiger partial charge in [-0.2, -0.15) is 0 Å². The van der Waals surface area contributed by atoms with Gasteiger partial charge in [0.2, 0.25) is 6.43 Å². The molecular weight excluding hydrogens is 528 g/mol. The Hall–Kier alpha value is -2.91. The van der Waals surface area contributed by atoms with Crippen molar-refractivity contribution in [3.05, 3.63) is 97.5 Å². The third-order valence-electron chi connectivity index (χ3n) is 5.08. The van der Waals surface area contributed by atoms with Gasteiger partial charge in [-0.05, 0) is 54.1 Å². The molecule has 2 amide bonds. The minimum absolute atomic E-state index is 0.0316. The Morgan fingerprint density at radius 2 is 1.85 bits per heavy atom. The summed E-state index contributed by atoms with van der Waals surface area (Å²) in [5.74, 6) is -2.63. The summed E-state index contributed by atoms with van der Waals surface area (Å²) in [6.07, 6.45) is -3.41. The molecule has 3 aromatic carbocycles. The molecule has 0 bridgehead atoms. The van der Waals surface area contributed by atoms with Crippen LogP contribution in [0, 0.1) is 11.6 Å². The molecule has 0 aromatic heterocycles. The topological polar surface area (TPSA) is 58.2 Å². The molecule has 0 saturated carbocycles. The Bertz CT molecular complexity index is 1290. The van der Waals surface area contributed by atoms with Gasteiger partial charge in [0.25, 0.3) is 11.8 Å². The van der Waals surface area contributed by atoms with E-state index < -0.39 is 42.3 Å². The molecule has 0 spiro atoms. The summed E-state index contributed by atoms with van der Waals surface area (Å²) in [7, 11) is 0. The van der Waals surface area contributed by atoms with Gasteiger partial charge in [0.05, 0.1) is 6.04 Å². The van der Waals surface area contributed by atoms with Crippen molar-refractivity contribution in [3.63, 3.8) is 0 Å². The van der Waals surface area contributed by atoms with E-state index in [2.05, 4.69) is 26.6 Å². The van der Waals surface area contributed by atoms with E-state index in [1.54, 1.807) is 0 Å². The van der Waals surface area contributed by atoms with Crippen LogP contribution in [0.15, 0.2) is 53.0 Å². The Labute approximate surface area is 199 Å². The zero-order valence-corrected chi connectivity index (χ0v) is 18.9. The summed E-state index contributed by atoms with van der Waals surface area (Å²) in [5.41, 5.74) is 0.836. The van der Waals surface area contributed by atoms with E-state index >= 15 is 0 Å². The largest absolute Gasteiger partial charge is 0.341 e. The first-order chi connectivity index (χ1) is 15.6. The van der Waals surface area contributed by atoms with E-state index in [9.17, 15) is 27.2 Å². The van der Waals surface area contributed by atoms with Crippen LogP contribution >= 0.6 is 27.5 Å². The van der Waals surface area contributed by atoms with Gasteiger partial charge in [-0.15, -0.1) is 0 Å². The molecule has 33 heavy (non-hydrogen) atoms. The molecule has 1 aliphatic rings. The van der Waals surface area contributed by atoms with Gasteiger partial charge >= 0.3 is 0 Å². The van der Waals surface area contributed by atoms with Crippen LogP contribution in [0.3, 0.4) is 0 Å². The van der Waals surface area contributed by atoms with Gasteiger partial charge in [0, 0.05) is 43.9 Å². The normalized spacial score (nSPS) is 14.9. The highest BCUT2D eigenvalue weighted by Crippen LogP contribution is 2.41. The van der Waals surface area contributed by atoms with Crippen molar-refractivity contribution in [2.45, 2.75) is 18.9 Å². The first kappa shape index (κ1) is 23.3. The van der Waals surface area contributed by atoms with Crippen molar-refractivity contribution in [2.24, 2.45) is 0 Å². The van der Waals surface area contributed by atoms with Crippen LogP contribution in [0.25, 0.3) is 0 Å². The highest BCUT2D eigenvalue weighted by atomic mass is 79.9. The highest BCUT2D eigenvalue weighted by Gasteiger charge is 2.34. The van der Waals surface area contributed by atoms with E-state index in [0.29, 0.717) is 10.0 Å². The number of amides is 2. The minimum atomic E-state index is -2.70. The molecule has 1 aliphatic heterocycles. The number of hydrogen-bond donors (Lipinski definition) is 2. The number of carbonyl (C=O) groups excluding carboxylic acids is 2. The van der Waals surface area contributed by atoms with Crippen LogP contribution in [-0.4, -0.2) is 18.2 Å². The molecule has 0 saturated heterocycles. The molecule has 1 unspecified atom stereocenters. The number of nitrogens with one attached hydrogen (secondary N) is 2. The lowest BCUT2D eigenvalue weighted by Gasteiger charge is -2.18. The van der Waals surface area contributed by atoms with Crippen LogP contribution in [-0.2, 0) is 6.42 Å². The Balaban J connectivity index is 1.75. The maximum atomic E-state index is 13.9. The number of benzene rings is 3. The number of carbonyl (C=O) groups is 2. The molecule has 10 heteroatoms. The predicted molar refractivity (Wildman–Crippen MR) is 119 cm³/mol. The molecule has 170 valence electrons. The highest BCUT2D eigenvalue weighted by molar-refractivity contribution is 9.10. The molecule has 0 fully saturated rings. The first-order valence-electron chi connectivity index (χ1n) is 9.60. The summed E-state index contributed by atoms with van der Waals surface area (Å²) in [6, 6.07) is 8.94. The zero-order valence-electron chi connectivity index (χ0n) is 16.6. The molecule has 0 aliphatic carbocycles. The lowest BCUT2D eigenvalue weighted by Crippen LogP contribution is -2.21.